The summed E-state index contributed by atoms with van der Waals surface area (Å²) in [7, 11) is 1.45. The number of quaternary nitrogens is 1. The zero-order valence-corrected chi connectivity index (χ0v) is 41.7. The quantitative estimate of drug-likeness (QED) is 0.0212. The molecule has 0 fully saturated rings. The fourth-order valence-corrected chi connectivity index (χ4v) is 7.59. The second-order valence-corrected chi connectivity index (χ2v) is 19.6. The predicted octanol–water partition coefficient (Wildman–Crippen LogP) is 15.0. The Kier molecular flexibility index (Phi) is 42.7. The molecule has 62 heavy (non-hydrogen) atoms. The Morgan fingerprint density at radius 2 is 0.887 bits per heavy atom. The van der Waals surface area contributed by atoms with Gasteiger partial charge in [0, 0.05) is 12.8 Å². The molecule has 2 atom stereocenters. The highest BCUT2D eigenvalue weighted by Gasteiger charge is 2.27. The van der Waals surface area contributed by atoms with Crippen LogP contribution in [-0.2, 0) is 32.7 Å². The third-order valence-electron chi connectivity index (χ3n) is 10.8. The molecular formula is C52H97NO8P+. The summed E-state index contributed by atoms with van der Waals surface area (Å²) in [6.07, 6.45) is 53.1. The smallest absolute Gasteiger partial charge is 0.462 e. The van der Waals surface area contributed by atoms with E-state index in [1.54, 1.807) is 0 Å². The summed E-state index contributed by atoms with van der Waals surface area (Å²) in [5.41, 5.74) is 0. The minimum Gasteiger partial charge on any atom is -0.462 e. The molecule has 0 saturated heterocycles. The Balaban J connectivity index is 4.32. The van der Waals surface area contributed by atoms with Crippen molar-refractivity contribution in [1.29, 1.82) is 0 Å². The van der Waals surface area contributed by atoms with Crippen LogP contribution in [0.1, 0.15) is 219 Å². The van der Waals surface area contributed by atoms with Crippen LogP contribution in [0.15, 0.2) is 48.6 Å². The molecule has 0 aliphatic heterocycles. The molecule has 0 radical (unpaired) electrons. The summed E-state index contributed by atoms with van der Waals surface area (Å²) in [6.45, 7) is 4.37. The third kappa shape index (κ3) is 47.4. The molecule has 0 aliphatic rings. The van der Waals surface area contributed by atoms with Crippen LogP contribution in [0, 0.1) is 0 Å². The van der Waals surface area contributed by atoms with E-state index in [-0.39, 0.29) is 26.1 Å². The number of carbonyl (C=O) groups excluding carboxylic acids is 2. The Labute approximate surface area is 382 Å². The largest absolute Gasteiger partial charge is 0.472 e. The summed E-state index contributed by atoms with van der Waals surface area (Å²) < 4.78 is 34.4. The van der Waals surface area contributed by atoms with E-state index in [9.17, 15) is 19.0 Å². The van der Waals surface area contributed by atoms with Crippen molar-refractivity contribution in [1.82, 2.24) is 0 Å². The molecule has 0 saturated carbocycles. The zero-order valence-electron chi connectivity index (χ0n) is 40.9. The summed E-state index contributed by atoms with van der Waals surface area (Å²) >= 11 is 0. The van der Waals surface area contributed by atoms with Crippen molar-refractivity contribution in [3.63, 3.8) is 0 Å². The molecule has 0 aromatic heterocycles. The standard InChI is InChI=1S/C52H96NO8P/c1-6-8-10-12-14-16-18-20-22-24-25-26-27-29-31-33-35-37-39-41-43-45-52(55)61-50(49-60-62(56,57)59-47-46-53(3,4)5)48-58-51(54)44-42-40-38-36-34-32-30-28-23-21-19-17-15-13-11-9-7-2/h20-23,30,32,36,38,50H,6-19,24-29,31,33-35,37,39-49H2,1-5H3/p+1/b22-20+,23-21+,32-30+,38-36+/t50-/m1/s1. The van der Waals surface area contributed by atoms with Crippen molar-refractivity contribution in [2.45, 2.75) is 225 Å². The second kappa shape index (κ2) is 44.2. The molecule has 0 aromatic rings. The molecule has 1 unspecified atom stereocenters. The normalized spacial score (nSPS) is 13.8. The third-order valence-corrected chi connectivity index (χ3v) is 11.8. The number of ether oxygens (including phenoxy) is 2. The van der Waals surface area contributed by atoms with E-state index in [1.165, 1.54) is 135 Å². The number of phosphoric ester groups is 1. The van der Waals surface area contributed by atoms with Crippen LogP contribution >= 0.6 is 7.82 Å². The number of nitrogens with zero attached hydrogens (tertiary/aromatic N) is 1. The zero-order chi connectivity index (χ0) is 45.7. The van der Waals surface area contributed by atoms with Gasteiger partial charge in [0.25, 0.3) is 0 Å². The van der Waals surface area contributed by atoms with Crippen LogP contribution in [-0.4, -0.2) is 74.9 Å². The van der Waals surface area contributed by atoms with Gasteiger partial charge in [0.15, 0.2) is 6.10 Å². The van der Waals surface area contributed by atoms with Crippen LogP contribution in [0.3, 0.4) is 0 Å². The van der Waals surface area contributed by atoms with Gasteiger partial charge in [0.05, 0.1) is 27.7 Å². The van der Waals surface area contributed by atoms with Crippen LogP contribution in [0.25, 0.3) is 0 Å². The minimum atomic E-state index is -4.39. The van der Waals surface area contributed by atoms with Crippen molar-refractivity contribution in [3.05, 3.63) is 48.6 Å². The summed E-state index contributed by atoms with van der Waals surface area (Å²) in [4.78, 5) is 35.5. The van der Waals surface area contributed by atoms with Gasteiger partial charge in [0.2, 0.25) is 0 Å². The molecule has 0 amide bonds. The first-order valence-corrected chi connectivity index (χ1v) is 26.9. The Morgan fingerprint density at radius 1 is 0.500 bits per heavy atom. The summed E-state index contributed by atoms with van der Waals surface area (Å²) in [6, 6.07) is 0. The number of hydrogen-bond donors (Lipinski definition) is 1. The molecule has 0 heterocycles. The molecule has 0 aromatic carbocycles. The summed E-state index contributed by atoms with van der Waals surface area (Å²) in [5.74, 6) is -0.856. The van der Waals surface area contributed by atoms with E-state index in [0.717, 1.165) is 44.9 Å². The van der Waals surface area contributed by atoms with Gasteiger partial charge in [-0.2, -0.15) is 0 Å². The number of rotatable bonds is 46. The van der Waals surface area contributed by atoms with Gasteiger partial charge in [0.1, 0.15) is 19.8 Å². The van der Waals surface area contributed by atoms with E-state index in [4.69, 9.17) is 18.5 Å². The average Bonchev–Trinajstić information content (AvgIpc) is 3.23. The highest BCUT2D eigenvalue weighted by atomic mass is 31.2. The molecule has 0 spiro atoms. The highest BCUT2D eigenvalue weighted by molar-refractivity contribution is 7.47. The second-order valence-electron chi connectivity index (χ2n) is 18.2. The lowest BCUT2D eigenvalue weighted by Gasteiger charge is -2.24. The number of esters is 2. The topological polar surface area (TPSA) is 108 Å². The van der Waals surface area contributed by atoms with Crippen LogP contribution in [0.4, 0.5) is 0 Å². The maximum atomic E-state index is 12.7. The first-order valence-electron chi connectivity index (χ1n) is 25.4. The average molecular weight is 895 g/mol. The van der Waals surface area contributed by atoms with Gasteiger partial charge in [-0.3, -0.25) is 18.6 Å². The van der Waals surface area contributed by atoms with Gasteiger partial charge >= 0.3 is 19.8 Å². The molecule has 0 bridgehead atoms. The number of likely N-dealkylation sites (N-methyl/N-ethyl adjacent to an activating group) is 1. The van der Waals surface area contributed by atoms with E-state index >= 15 is 0 Å². The Hall–Kier alpha value is -2.03. The molecule has 1 N–H and O–H groups in total. The van der Waals surface area contributed by atoms with E-state index in [0.29, 0.717) is 23.9 Å². The minimum absolute atomic E-state index is 0.0234. The van der Waals surface area contributed by atoms with Crippen molar-refractivity contribution >= 4 is 19.8 Å². The number of unbranched alkanes of at least 4 members (excludes halogenated alkanes) is 24. The van der Waals surface area contributed by atoms with Crippen molar-refractivity contribution < 1.29 is 42.1 Å². The highest BCUT2D eigenvalue weighted by Crippen LogP contribution is 2.43. The molecule has 362 valence electrons. The van der Waals surface area contributed by atoms with Crippen molar-refractivity contribution in [2.75, 3.05) is 47.5 Å². The van der Waals surface area contributed by atoms with E-state index in [2.05, 4.69) is 62.5 Å². The summed E-state index contributed by atoms with van der Waals surface area (Å²) in [5, 5.41) is 0. The van der Waals surface area contributed by atoms with Gasteiger partial charge in [-0.05, 0) is 70.6 Å². The number of allylic oxidation sites excluding steroid dienone is 8. The Morgan fingerprint density at radius 3 is 1.35 bits per heavy atom. The van der Waals surface area contributed by atoms with Gasteiger partial charge < -0.3 is 18.9 Å². The van der Waals surface area contributed by atoms with Gasteiger partial charge in [-0.25, -0.2) is 4.57 Å². The fourth-order valence-electron chi connectivity index (χ4n) is 6.85. The van der Waals surface area contributed by atoms with Crippen molar-refractivity contribution in [3.8, 4) is 0 Å². The SMILES string of the molecule is CCCCCCCC/C=C/C/C=C/C/C=C/CCCC(=O)OC[C@H](COP(=O)(O)OCC[N+](C)(C)C)OC(=O)CCCCCCCCCCCCC/C=C/CCCCCCCC. The monoisotopic (exact) mass is 895 g/mol. The van der Waals surface area contributed by atoms with Gasteiger partial charge in [-0.1, -0.05) is 184 Å². The molecular weight excluding hydrogens is 798 g/mol. The Bertz CT molecular complexity index is 1190. The first-order chi connectivity index (χ1) is 30.0. The number of carbonyl (C=O) groups is 2. The first kappa shape index (κ1) is 60.0. The maximum absolute atomic E-state index is 12.7. The van der Waals surface area contributed by atoms with Crippen LogP contribution in [0.5, 0.6) is 0 Å². The predicted molar refractivity (Wildman–Crippen MR) is 261 cm³/mol. The molecule has 9 nitrogen and oxygen atoms in total. The number of phosphoric acid groups is 1. The van der Waals surface area contributed by atoms with Crippen molar-refractivity contribution in [2.24, 2.45) is 0 Å². The molecule has 0 rings (SSSR count). The van der Waals surface area contributed by atoms with Crippen LogP contribution < -0.4 is 0 Å². The van der Waals surface area contributed by atoms with E-state index in [1.807, 2.05) is 21.1 Å². The lowest BCUT2D eigenvalue weighted by molar-refractivity contribution is -0.870. The lowest BCUT2D eigenvalue weighted by Crippen LogP contribution is -2.37. The van der Waals surface area contributed by atoms with E-state index < -0.39 is 32.5 Å². The van der Waals surface area contributed by atoms with Gasteiger partial charge in [-0.15, -0.1) is 0 Å². The molecule has 10 heteroatoms. The van der Waals surface area contributed by atoms with Crippen LogP contribution in [0.2, 0.25) is 0 Å². The fraction of sp³-hybridized carbons (Fsp3) is 0.808. The maximum Gasteiger partial charge on any atom is 0.472 e. The molecule has 0 aliphatic carbocycles. The number of hydrogen-bond acceptors (Lipinski definition) is 7. The lowest BCUT2D eigenvalue weighted by atomic mass is 10.0.